The molecule has 0 spiro atoms. The number of nitrogens with one attached hydrogen (secondary N) is 1. The zero-order valence-electron chi connectivity index (χ0n) is 14.8. The van der Waals surface area contributed by atoms with E-state index in [-0.39, 0.29) is 30.0 Å². The summed E-state index contributed by atoms with van der Waals surface area (Å²) in [5.41, 5.74) is 1.47. The van der Waals surface area contributed by atoms with Crippen molar-refractivity contribution in [1.29, 1.82) is 0 Å². The smallest absolute Gasteiger partial charge is 0.269 e. The molecule has 1 aromatic rings. The average Bonchev–Trinajstić information content (AvgIpc) is 2.80. The molecule has 1 amide bonds. The summed E-state index contributed by atoms with van der Waals surface area (Å²) in [7, 11) is 0. The van der Waals surface area contributed by atoms with Crippen molar-refractivity contribution in [3.8, 4) is 0 Å². The summed E-state index contributed by atoms with van der Waals surface area (Å²) in [6, 6.07) is 1.81. The Morgan fingerprint density at radius 3 is 2.41 bits per heavy atom. The summed E-state index contributed by atoms with van der Waals surface area (Å²) >= 11 is 0. The van der Waals surface area contributed by atoms with E-state index in [1.165, 1.54) is 0 Å². The van der Waals surface area contributed by atoms with Gasteiger partial charge in [-0.3, -0.25) is 9.48 Å². The number of carbonyl (C=O) groups excluding carboxylic acids is 1. The number of carbonyl (C=O) groups is 1. The fourth-order valence-electron chi connectivity index (χ4n) is 2.76. The van der Waals surface area contributed by atoms with Gasteiger partial charge in [0.2, 0.25) is 0 Å². The fraction of sp³-hybridized carbons (Fsp3) is 0.765. The lowest BCUT2D eigenvalue weighted by atomic mass is 9.88. The Kier molecular flexibility index (Phi) is 6.60. The number of amides is 1. The van der Waals surface area contributed by atoms with Crippen LogP contribution in [-0.2, 0) is 0 Å². The average molecular weight is 309 g/mol. The van der Waals surface area contributed by atoms with Gasteiger partial charge < -0.3 is 10.4 Å². The Balaban J connectivity index is 2.93. The summed E-state index contributed by atoms with van der Waals surface area (Å²) in [5.74, 6) is -0.157. The van der Waals surface area contributed by atoms with E-state index in [1.54, 1.807) is 0 Å². The van der Waals surface area contributed by atoms with Gasteiger partial charge >= 0.3 is 0 Å². The number of aromatic nitrogens is 2. The first-order chi connectivity index (χ1) is 10.2. The highest BCUT2D eigenvalue weighted by Gasteiger charge is 2.23. The topological polar surface area (TPSA) is 67.2 Å². The van der Waals surface area contributed by atoms with Gasteiger partial charge in [0.1, 0.15) is 5.69 Å². The van der Waals surface area contributed by atoms with Gasteiger partial charge in [-0.05, 0) is 37.7 Å². The third-order valence-corrected chi connectivity index (χ3v) is 3.79. The van der Waals surface area contributed by atoms with Crippen LogP contribution in [0.2, 0.25) is 0 Å². The Bertz CT molecular complexity index is 485. The molecule has 1 unspecified atom stereocenters. The molecule has 0 bridgehead atoms. The second-order valence-corrected chi connectivity index (χ2v) is 7.20. The molecule has 2 N–H and O–H groups in total. The molecule has 1 atom stereocenters. The van der Waals surface area contributed by atoms with Crippen LogP contribution in [0.5, 0.6) is 0 Å². The van der Waals surface area contributed by atoms with Crippen LogP contribution in [0, 0.1) is 12.3 Å². The summed E-state index contributed by atoms with van der Waals surface area (Å²) in [6.07, 6.45) is 2.60. The Morgan fingerprint density at radius 1 is 1.36 bits per heavy atom. The molecule has 0 aliphatic carbocycles. The minimum atomic E-state index is -0.238. The zero-order chi connectivity index (χ0) is 16.9. The Labute approximate surface area is 134 Å². The Morgan fingerprint density at radius 2 is 1.95 bits per heavy atom. The highest BCUT2D eigenvalue weighted by atomic mass is 16.3. The van der Waals surface area contributed by atoms with E-state index in [1.807, 2.05) is 17.7 Å². The van der Waals surface area contributed by atoms with E-state index in [0.29, 0.717) is 5.69 Å². The summed E-state index contributed by atoms with van der Waals surface area (Å²) in [5, 5.41) is 16.9. The number of hydrogen-bond donors (Lipinski definition) is 2. The molecule has 0 saturated carbocycles. The van der Waals surface area contributed by atoms with E-state index in [2.05, 4.69) is 45.0 Å². The first-order valence-corrected chi connectivity index (χ1v) is 8.19. The fourth-order valence-corrected chi connectivity index (χ4v) is 2.76. The number of nitrogens with zero attached hydrogens (tertiary/aromatic N) is 2. The second-order valence-electron chi connectivity index (χ2n) is 7.20. The van der Waals surface area contributed by atoms with Crippen LogP contribution < -0.4 is 5.32 Å². The molecule has 0 aliphatic heterocycles. The molecule has 5 nitrogen and oxygen atoms in total. The van der Waals surface area contributed by atoms with Gasteiger partial charge in [0.25, 0.3) is 5.91 Å². The standard InChI is InChI=1S/C17H31N3O2/c1-7-14(8-2)20-15(9-12(3)19-20)16(22)18-13(11-21)10-17(4,5)6/h9,13-14,21H,7-8,10-11H2,1-6H3,(H,18,22). The van der Waals surface area contributed by atoms with Gasteiger partial charge in [-0.15, -0.1) is 0 Å². The molecule has 0 saturated heterocycles. The molecule has 1 rings (SSSR count). The highest BCUT2D eigenvalue weighted by molar-refractivity contribution is 5.93. The minimum Gasteiger partial charge on any atom is -0.394 e. The number of aryl methyl sites for hydroxylation is 1. The zero-order valence-corrected chi connectivity index (χ0v) is 14.8. The van der Waals surface area contributed by atoms with Crippen LogP contribution in [-0.4, -0.2) is 33.4 Å². The lowest BCUT2D eigenvalue weighted by molar-refractivity contribution is 0.0883. The summed E-state index contributed by atoms with van der Waals surface area (Å²) in [4.78, 5) is 12.6. The van der Waals surface area contributed by atoms with Crippen LogP contribution in [0.15, 0.2) is 6.07 Å². The van der Waals surface area contributed by atoms with Crippen LogP contribution in [0.1, 0.15) is 76.1 Å². The maximum Gasteiger partial charge on any atom is 0.269 e. The van der Waals surface area contributed by atoms with E-state index in [0.717, 1.165) is 25.0 Å². The predicted molar refractivity (Wildman–Crippen MR) is 89.0 cm³/mol. The molecule has 22 heavy (non-hydrogen) atoms. The van der Waals surface area contributed by atoms with E-state index < -0.39 is 0 Å². The van der Waals surface area contributed by atoms with Crippen molar-refractivity contribution < 1.29 is 9.90 Å². The van der Waals surface area contributed by atoms with Gasteiger partial charge in [0, 0.05) is 0 Å². The first kappa shape index (κ1) is 18.7. The number of aliphatic hydroxyl groups is 1. The molecule has 0 aliphatic rings. The summed E-state index contributed by atoms with van der Waals surface area (Å²) in [6.45, 7) is 12.3. The molecule has 1 heterocycles. The molecular formula is C17H31N3O2. The molecule has 0 radical (unpaired) electrons. The van der Waals surface area contributed by atoms with Crippen molar-refractivity contribution in [2.75, 3.05) is 6.61 Å². The van der Waals surface area contributed by atoms with Gasteiger partial charge in [-0.1, -0.05) is 34.6 Å². The van der Waals surface area contributed by atoms with Crippen LogP contribution in [0.4, 0.5) is 0 Å². The van der Waals surface area contributed by atoms with Crippen molar-refractivity contribution in [3.63, 3.8) is 0 Å². The maximum atomic E-state index is 12.6. The molecule has 1 aromatic heterocycles. The SMILES string of the molecule is CCC(CC)n1nc(C)cc1C(=O)NC(CO)CC(C)(C)C. The van der Waals surface area contributed by atoms with E-state index >= 15 is 0 Å². The lowest BCUT2D eigenvalue weighted by Crippen LogP contribution is -2.41. The highest BCUT2D eigenvalue weighted by Crippen LogP contribution is 2.22. The minimum absolute atomic E-state index is 0.0478. The molecule has 126 valence electrons. The van der Waals surface area contributed by atoms with Gasteiger partial charge in [-0.2, -0.15) is 5.10 Å². The van der Waals surface area contributed by atoms with Gasteiger partial charge in [-0.25, -0.2) is 0 Å². The maximum absolute atomic E-state index is 12.6. The monoisotopic (exact) mass is 309 g/mol. The number of hydrogen-bond acceptors (Lipinski definition) is 3. The normalized spacial score (nSPS) is 13.5. The largest absolute Gasteiger partial charge is 0.394 e. The van der Waals surface area contributed by atoms with Crippen molar-refractivity contribution in [2.45, 2.75) is 72.9 Å². The molecule has 0 aromatic carbocycles. The van der Waals surface area contributed by atoms with E-state index in [9.17, 15) is 9.90 Å². The Hall–Kier alpha value is -1.36. The quantitative estimate of drug-likeness (QED) is 0.813. The van der Waals surface area contributed by atoms with Gasteiger partial charge in [0.05, 0.1) is 24.4 Å². The molecule has 5 heteroatoms. The second kappa shape index (κ2) is 7.77. The molecular weight excluding hydrogens is 278 g/mol. The van der Waals surface area contributed by atoms with E-state index in [4.69, 9.17) is 0 Å². The van der Waals surface area contributed by atoms with Gasteiger partial charge in [0.15, 0.2) is 0 Å². The number of aliphatic hydroxyl groups excluding tert-OH is 1. The third kappa shape index (κ3) is 5.13. The van der Waals surface area contributed by atoms with Crippen molar-refractivity contribution in [2.24, 2.45) is 5.41 Å². The lowest BCUT2D eigenvalue weighted by Gasteiger charge is -2.25. The van der Waals surface area contributed by atoms with Crippen molar-refractivity contribution >= 4 is 5.91 Å². The van der Waals surface area contributed by atoms with Crippen LogP contribution in [0.3, 0.4) is 0 Å². The van der Waals surface area contributed by atoms with Crippen LogP contribution >= 0.6 is 0 Å². The predicted octanol–water partition coefficient (Wildman–Crippen LogP) is 3.08. The third-order valence-electron chi connectivity index (χ3n) is 3.79. The van der Waals surface area contributed by atoms with Crippen molar-refractivity contribution in [3.05, 3.63) is 17.5 Å². The summed E-state index contributed by atoms with van der Waals surface area (Å²) < 4.78 is 1.83. The molecule has 0 fully saturated rings. The van der Waals surface area contributed by atoms with Crippen LogP contribution in [0.25, 0.3) is 0 Å². The van der Waals surface area contributed by atoms with Crippen molar-refractivity contribution in [1.82, 2.24) is 15.1 Å². The first-order valence-electron chi connectivity index (χ1n) is 8.19. The number of rotatable bonds is 7.